The van der Waals surface area contributed by atoms with Gasteiger partial charge in [0.2, 0.25) is 0 Å². The van der Waals surface area contributed by atoms with E-state index in [1.807, 2.05) is 19.1 Å². The van der Waals surface area contributed by atoms with Crippen LogP contribution in [0.2, 0.25) is 0 Å². The Morgan fingerprint density at radius 3 is 2.75 bits per heavy atom. The van der Waals surface area contributed by atoms with Gasteiger partial charge in [-0.3, -0.25) is 0 Å². The molecule has 0 aliphatic rings. The monoisotopic (exact) mass is 291 g/mol. The summed E-state index contributed by atoms with van der Waals surface area (Å²) in [6.45, 7) is 2.00. The molecule has 0 unspecified atom stereocenters. The van der Waals surface area contributed by atoms with Crippen LogP contribution in [-0.2, 0) is 5.88 Å². The van der Waals surface area contributed by atoms with Crippen molar-refractivity contribution in [3.05, 3.63) is 32.4 Å². The van der Waals surface area contributed by atoms with Gasteiger partial charge in [0.1, 0.15) is 6.07 Å². The average molecular weight is 292 g/mol. The van der Waals surface area contributed by atoms with Crippen molar-refractivity contribution in [3.8, 4) is 6.07 Å². The molecule has 0 fully saturated rings. The molecule has 0 aliphatic heterocycles. The second-order valence-corrected chi connectivity index (χ2v) is 3.96. The number of halogens is 2. The first-order chi connectivity index (χ1) is 5.69. The van der Waals surface area contributed by atoms with Gasteiger partial charge in [0, 0.05) is 9.45 Å². The summed E-state index contributed by atoms with van der Waals surface area (Å²) in [5, 5.41) is 8.81. The second-order valence-electron chi connectivity index (χ2n) is 2.53. The Morgan fingerprint density at radius 1 is 1.58 bits per heavy atom. The van der Waals surface area contributed by atoms with Crippen LogP contribution in [0.5, 0.6) is 0 Å². The van der Waals surface area contributed by atoms with Gasteiger partial charge in [-0.2, -0.15) is 5.26 Å². The van der Waals surface area contributed by atoms with Crippen molar-refractivity contribution < 1.29 is 0 Å². The number of benzene rings is 1. The lowest BCUT2D eigenvalue weighted by molar-refractivity contribution is 1.29. The molecule has 0 heterocycles. The molecule has 0 spiro atoms. The highest BCUT2D eigenvalue weighted by atomic mass is 127. The molecule has 0 N–H and O–H groups in total. The normalized spacial score (nSPS) is 9.50. The van der Waals surface area contributed by atoms with E-state index in [1.54, 1.807) is 0 Å². The quantitative estimate of drug-likeness (QED) is 0.576. The third kappa shape index (κ3) is 1.90. The number of hydrogen-bond acceptors (Lipinski definition) is 1. The Bertz CT molecular complexity index is 341. The smallest absolute Gasteiger partial charge is 0.101 e. The van der Waals surface area contributed by atoms with E-state index in [0.717, 1.165) is 14.7 Å². The van der Waals surface area contributed by atoms with Gasteiger partial charge in [-0.05, 0) is 46.7 Å². The maximum Gasteiger partial charge on any atom is 0.101 e. The van der Waals surface area contributed by atoms with Crippen LogP contribution in [-0.4, -0.2) is 0 Å². The van der Waals surface area contributed by atoms with Crippen LogP contribution in [0.25, 0.3) is 0 Å². The molecule has 0 amide bonds. The summed E-state index contributed by atoms with van der Waals surface area (Å²) in [5.41, 5.74) is 2.77. The third-order valence-electron chi connectivity index (χ3n) is 1.57. The Labute approximate surface area is 90.5 Å². The lowest BCUT2D eigenvalue weighted by atomic mass is 10.1. The SMILES string of the molecule is Cc1cc(I)c(C#N)c(CCl)c1. The maximum absolute atomic E-state index is 8.81. The van der Waals surface area contributed by atoms with Gasteiger partial charge in [0.15, 0.2) is 0 Å². The van der Waals surface area contributed by atoms with E-state index in [0.29, 0.717) is 11.4 Å². The summed E-state index contributed by atoms with van der Waals surface area (Å²) in [5.74, 6) is 0.403. The van der Waals surface area contributed by atoms with E-state index in [1.165, 1.54) is 0 Å². The molecule has 0 bridgehead atoms. The van der Waals surface area contributed by atoms with Gasteiger partial charge < -0.3 is 0 Å². The molecule has 1 rings (SSSR count). The lowest BCUT2D eigenvalue weighted by Crippen LogP contribution is -1.91. The molecule has 1 aromatic carbocycles. The van der Waals surface area contributed by atoms with Gasteiger partial charge >= 0.3 is 0 Å². The predicted octanol–water partition coefficient (Wildman–Crippen LogP) is 3.21. The first kappa shape index (κ1) is 9.82. The fraction of sp³-hybridized carbons (Fsp3) is 0.222. The zero-order valence-corrected chi connectivity index (χ0v) is 9.48. The molecule has 62 valence electrons. The summed E-state index contributed by atoms with van der Waals surface area (Å²) in [4.78, 5) is 0. The highest BCUT2D eigenvalue weighted by Gasteiger charge is 2.05. The summed E-state index contributed by atoms with van der Waals surface area (Å²) < 4.78 is 0.978. The topological polar surface area (TPSA) is 23.8 Å². The van der Waals surface area contributed by atoms with Crippen molar-refractivity contribution >= 4 is 34.2 Å². The minimum atomic E-state index is 0.403. The van der Waals surface area contributed by atoms with Crippen LogP contribution in [0.3, 0.4) is 0 Å². The van der Waals surface area contributed by atoms with Gasteiger partial charge in [-0.25, -0.2) is 0 Å². The number of alkyl halides is 1. The zero-order chi connectivity index (χ0) is 9.14. The third-order valence-corrected chi connectivity index (χ3v) is 2.71. The van der Waals surface area contributed by atoms with Crippen LogP contribution in [0, 0.1) is 21.8 Å². The largest absolute Gasteiger partial charge is 0.192 e. The van der Waals surface area contributed by atoms with E-state index < -0.39 is 0 Å². The first-order valence-electron chi connectivity index (χ1n) is 3.44. The van der Waals surface area contributed by atoms with E-state index >= 15 is 0 Å². The van der Waals surface area contributed by atoms with E-state index in [9.17, 15) is 0 Å². The molecule has 1 aromatic rings. The average Bonchev–Trinajstić information content (AvgIpc) is 2.03. The van der Waals surface area contributed by atoms with Crippen LogP contribution >= 0.6 is 34.2 Å². The Morgan fingerprint density at radius 2 is 2.25 bits per heavy atom. The van der Waals surface area contributed by atoms with Gasteiger partial charge in [-0.15, -0.1) is 11.6 Å². The molecule has 3 heteroatoms. The molecule has 0 radical (unpaired) electrons. The maximum atomic E-state index is 8.81. The van der Waals surface area contributed by atoms with Crippen molar-refractivity contribution in [1.29, 1.82) is 5.26 Å². The van der Waals surface area contributed by atoms with Crippen molar-refractivity contribution in [1.82, 2.24) is 0 Å². The number of nitriles is 1. The predicted molar refractivity (Wildman–Crippen MR) is 58.2 cm³/mol. The number of hydrogen-bond donors (Lipinski definition) is 0. The van der Waals surface area contributed by atoms with Crippen LogP contribution in [0.1, 0.15) is 16.7 Å². The first-order valence-corrected chi connectivity index (χ1v) is 5.05. The summed E-state index contributed by atoms with van der Waals surface area (Å²) >= 11 is 7.85. The zero-order valence-electron chi connectivity index (χ0n) is 6.56. The number of rotatable bonds is 1. The van der Waals surface area contributed by atoms with Crippen molar-refractivity contribution in [2.45, 2.75) is 12.8 Å². The van der Waals surface area contributed by atoms with Crippen molar-refractivity contribution in [3.63, 3.8) is 0 Å². The molecular formula is C9H7ClIN. The molecule has 0 atom stereocenters. The highest BCUT2D eigenvalue weighted by molar-refractivity contribution is 14.1. The fourth-order valence-electron chi connectivity index (χ4n) is 1.04. The summed E-state index contributed by atoms with van der Waals surface area (Å²) in [6, 6.07) is 6.08. The second kappa shape index (κ2) is 4.11. The highest BCUT2D eigenvalue weighted by Crippen LogP contribution is 2.19. The minimum Gasteiger partial charge on any atom is -0.192 e. The summed E-state index contributed by atoms with van der Waals surface area (Å²) in [6.07, 6.45) is 0. The Balaban J connectivity index is 3.36. The molecule has 0 aromatic heterocycles. The van der Waals surface area contributed by atoms with Gasteiger partial charge in [0.05, 0.1) is 5.56 Å². The van der Waals surface area contributed by atoms with Crippen LogP contribution in [0.15, 0.2) is 12.1 Å². The fourth-order valence-corrected chi connectivity index (χ4v) is 2.21. The van der Waals surface area contributed by atoms with Crippen LogP contribution in [0.4, 0.5) is 0 Å². The number of nitrogens with zero attached hydrogens (tertiary/aromatic N) is 1. The van der Waals surface area contributed by atoms with Gasteiger partial charge in [0.25, 0.3) is 0 Å². The molecule has 12 heavy (non-hydrogen) atoms. The standard InChI is InChI=1S/C9H7ClIN/c1-6-2-7(4-10)8(5-12)9(11)3-6/h2-3H,4H2,1H3. The van der Waals surface area contributed by atoms with E-state index in [-0.39, 0.29) is 0 Å². The Hall–Kier alpha value is -0.270. The lowest BCUT2D eigenvalue weighted by Gasteiger charge is -2.03. The molecule has 1 nitrogen and oxygen atoms in total. The molecule has 0 saturated carbocycles. The Kier molecular flexibility index (Phi) is 3.36. The van der Waals surface area contributed by atoms with E-state index in [4.69, 9.17) is 16.9 Å². The minimum absolute atomic E-state index is 0.403. The summed E-state index contributed by atoms with van der Waals surface area (Å²) in [7, 11) is 0. The molecular weight excluding hydrogens is 284 g/mol. The van der Waals surface area contributed by atoms with E-state index in [2.05, 4.69) is 28.7 Å². The molecule has 0 saturated heterocycles. The molecule has 0 aliphatic carbocycles. The van der Waals surface area contributed by atoms with Crippen LogP contribution < -0.4 is 0 Å². The van der Waals surface area contributed by atoms with Gasteiger partial charge in [-0.1, -0.05) is 6.07 Å². The van der Waals surface area contributed by atoms with Crippen molar-refractivity contribution in [2.75, 3.05) is 0 Å². The number of aryl methyl sites for hydroxylation is 1. The van der Waals surface area contributed by atoms with Crippen molar-refractivity contribution in [2.24, 2.45) is 0 Å².